The van der Waals surface area contributed by atoms with Crippen molar-refractivity contribution in [1.29, 1.82) is 0 Å². The minimum atomic E-state index is -0.571. The molecule has 1 aromatic carbocycles. The molecule has 0 bridgehead atoms. The topological polar surface area (TPSA) is 81.9 Å². The van der Waals surface area contributed by atoms with Crippen LogP contribution in [0.2, 0.25) is 0 Å². The third-order valence-corrected chi connectivity index (χ3v) is 2.85. The zero-order valence-corrected chi connectivity index (χ0v) is 12.3. The molecule has 7 heteroatoms. The lowest BCUT2D eigenvalue weighted by molar-refractivity contribution is -0.386. The summed E-state index contributed by atoms with van der Waals surface area (Å²) in [4.78, 5) is 24.0. The number of rotatable bonds is 3. The number of hydrogen-bond donors (Lipinski definition) is 0. The molecule has 21 heavy (non-hydrogen) atoms. The maximum atomic E-state index is 11.8. The van der Waals surface area contributed by atoms with E-state index in [1.165, 1.54) is 12.1 Å². The van der Waals surface area contributed by atoms with Crippen molar-refractivity contribution in [3.63, 3.8) is 0 Å². The lowest BCUT2D eigenvalue weighted by atomic mass is 10.1. The van der Waals surface area contributed by atoms with Crippen molar-refractivity contribution in [2.45, 2.75) is 26.4 Å². The molecule has 0 N–H and O–H groups in total. The van der Waals surface area contributed by atoms with E-state index in [9.17, 15) is 14.9 Å². The molecular weight excluding hydrogens is 276 g/mol. The molecule has 1 aliphatic heterocycles. The first-order chi connectivity index (χ1) is 9.78. The number of benzene rings is 1. The highest BCUT2D eigenvalue weighted by Crippen LogP contribution is 2.34. The van der Waals surface area contributed by atoms with Crippen LogP contribution in [-0.4, -0.2) is 36.2 Å². The predicted molar refractivity (Wildman–Crippen MR) is 76.6 cm³/mol. The standard InChI is InChI=1S/C14H18N2O5/c1-14(2,3)21-12-8-10(4-5-11(12)16(18)19)15-6-7-20-9-13(15)17/h4-5,8H,6-7,9H2,1-3H3. The minimum Gasteiger partial charge on any atom is -0.481 e. The van der Waals surface area contributed by atoms with E-state index in [2.05, 4.69) is 0 Å². The molecule has 7 nitrogen and oxygen atoms in total. The highest BCUT2D eigenvalue weighted by Gasteiger charge is 2.25. The van der Waals surface area contributed by atoms with Gasteiger partial charge in [-0.3, -0.25) is 14.9 Å². The van der Waals surface area contributed by atoms with E-state index in [4.69, 9.17) is 9.47 Å². The number of nitro groups is 1. The summed E-state index contributed by atoms with van der Waals surface area (Å²) in [5, 5.41) is 11.1. The Morgan fingerprint density at radius 1 is 1.38 bits per heavy atom. The van der Waals surface area contributed by atoms with Gasteiger partial charge in [-0.15, -0.1) is 0 Å². The number of morpholine rings is 1. The van der Waals surface area contributed by atoms with Crippen molar-refractivity contribution in [3.05, 3.63) is 28.3 Å². The second-order valence-corrected chi connectivity index (χ2v) is 5.72. The van der Waals surface area contributed by atoms with Crippen LogP contribution >= 0.6 is 0 Å². The van der Waals surface area contributed by atoms with E-state index in [1.54, 1.807) is 11.0 Å². The van der Waals surface area contributed by atoms with Crippen LogP contribution in [-0.2, 0) is 9.53 Å². The molecule has 2 rings (SSSR count). The number of amides is 1. The third kappa shape index (κ3) is 3.69. The van der Waals surface area contributed by atoms with Crippen molar-refractivity contribution in [1.82, 2.24) is 0 Å². The Morgan fingerprint density at radius 3 is 2.67 bits per heavy atom. The van der Waals surface area contributed by atoms with Crippen LogP contribution in [0.3, 0.4) is 0 Å². The van der Waals surface area contributed by atoms with Gasteiger partial charge < -0.3 is 14.4 Å². The second-order valence-electron chi connectivity index (χ2n) is 5.72. The summed E-state index contributed by atoms with van der Waals surface area (Å²) in [7, 11) is 0. The van der Waals surface area contributed by atoms with E-state index in [-0.39, 0.29) is 24.0 Å². The van der Waals surface area contributed by atoms with Gasteiger partial charge in [0.25, 0.3) is 5.91 Å². The van der Waals surface area contributed by atoms with E-state index in [1.807, 2.05) is 20.8 Å². The quantitative estimate of drug-likeness (QED) is 0.630. The number of hydrogen-bond acceptors (Lipinski definition) is 5. The first kappa shape index (κ1) is 15.2. The van der Waals surface area contributed by atoms with Crippen molar-refractivity contribution in [2.75, 3.05) is 24.7 Å². The second kappa shape index (κ2) is 5.69. The lowest BCUT2D eigenvalue weighted by Gasteiger charge is -2.28. The molecule has 0 atom stereocenters. The van der Waals surface area contributed by atoms with E-state index >= 15 is 0 Å². The van der Waals surface area contributed by atoms with Crippen LogP contribution in [0.4, 0.5) is 11.4 Å². The van der Waals surface area contributed by atoms with E-state index in [0.29, 0.717) is 18.8 Å². The molecule has 1 aliphatic rings. The lowest BCUT2D eigenvalue weighted by Crippen LogP contribution is -2.41. The highest BCUT2D eigenvalue weighted by molar-refractivity contribution is 5.95. The molecule has 1 amide bonds. The van der Waals surface area contributed by atoms with Crippen molar-refractivity contribution in [2.24, 2.45) is 0 Å². The summed E-state index contributed by atoms with van der Waals surface area (Å²) in [6, 6.07) is 4.45. The maximum Gasteiger partial charge on any atom is 0.311 e. The molecule has 0 aliphatic carbocycles. The van der Waals surface area contributed by atoms with Gasteiger partial charge >= 0.3 is 5.69 Å². The summed E-state index contributed by atoms with van der Waals surface area (Å²) < 4.78 is 10.7. The molecule has 114 valence electrons. The van der Waals surface area contributed by atoms with E-state index < -0.39 is 10.5 Å². The fraction of sp³-hybridized carbons (Fsp3) is 0.500. The molecule has 1 heterocycles. The summed E-state index contributed by atoms with van der Waals surface area (Å²) >= 11 is 0. The van der Waals surface area contributed by atoms with Gasteiger partial charge in [-0.05, 0) is 26.8 Å². The van der Waals surface area contributed by atoms with Crippen LogP contribution in [0.25, 0.3) is 0 Å². The van der Waals surface area contributed by atoms with Crippen LogP contribution < -0.4 is 9.64 Å². The van der Waals surface area contributed by atoms with Crippen LogP contribution in [0.5, 0.6) is 5.75 Å². The van der Waals surface area contributed by atoms with Gasteiger partial charge in [0, 0.05) is 24.4 Å². The first-order valence-electron chi connectivity index (χ1n) is 6.63. The summed E-state index contributed by atoms with van der Waals surface area (Å²) in [6.07, 6.45) is 0. The highest BCUT2D eigenvalue weighted by atomic mass is 16.6. The van der Waals surface area contributed by atoms with E-state index in [0.717, 1.165) is 0 Å². The Bertz CT molecular complexity index is 565. The summed E-state index contributed by atoms with van der Waals surface area (Å²) in [5.74, 6) is -0.0129. The predicted octanol–water partition coefficient (Wildman–Crippen LogP) is 2.14. The first-order valence-corrected chi connectivity index (χ1v) is 6.63. The Kier molecular flexibility index (Phi) is 4.13. The molecule has 0 saturated carbocycles. The van der Waals surface area contributed by atoms with Crippen LogP contribution in [0.15, 0.2) is 18.2 Å². The van der Waals surface area contributed by atoms with Gasteiger partial charge in [0.05, 0.1) is 11.5 Å². The van der Waals surface area contributed by atoms with Gasteiger partial charge in [0.2, 0.25) is 0 Å². The molecule has 0 unspecified atom stereocenters. The Labute approximate surface area is 122 Å². The number of anilines is 1. The summed E-state index contributed by atoms with van der Waals surface area (Å²) in [5.41, 5.74) is -0.110. The SMILES string of the molecule is CC(C)(C)Oc1cc(N2CCOCC2=O)ccc1[N+](=O)[O-]. The summed E-state index contributed by atoms with van der Waals surface area (Å²) in [6.45, 7) is 6.31. The minimum absolute atomic E-state index is 0.0203. The Balaban J connectivity index is 2.38. The molecular formula is C14H18N2O5. The van der Waals surface area contributed by atoms with Gasteiger partial charge in [-0.2, -0.15) is 0 Å². The number of carbonyl (C=O) groups excluding carboxylic acids is 1. The zero-order valence-electron chi connectivity index (χ0n) is 12.3. The number of carbonyl (C=O) groups is 1. The zero-order chi connectivity index (χ0) is 15.6. The Morgan fingerprint density at radius 2 is 2.10 bits per heavy atom. The van der Waals surface area contributed by atoms with Gasteiger partial charge in [0.15, 0.2) is 5.75 Å². The van der Waals surface area contributed by atoms with Crippen LogP contribution in [0.1, 0.15) is 20.8 Å². The number of nitrogens with zero attached hydrogens (tertiary/aromatic N) is 2. The molecule has 1 fully saturated rings. The van der Waals surface area contributed by atoms with Crippen LogP contribution in [0, 0.1) is 10.1 Å². The maximum absolute atomic E-state index is 11.8. The van der Waals surface area contributed by atoms with Crippen molar-refractivity contribution < 1.29 is 19.2 Å². The Hall–Kier alpha value is -2.15. The van der Waals surface area contributed by atoms with Gasteiger partial charge in [-0.1, -0.05) is 0 Å². The largest absolute Gasteiger partial charge is 0.481 e. The molecule has 0 aromatic heterocycles. The van der Waals surface area contributed by atoms with Gasteiger partial charge in [-0.25, -0.2) is 0 Å². The molecule has 1 aromatic rings. The fourth-order valence-electron chi connectivity index (χ4n) is 2.02. The number of ether oxygens (including phenoxy) is 2. The monoisotopic (exact) mass is 294 g/mol. The molecule has 0 spiro atoms. The normalized spacial score (nSPS) is 16.0. The molecule has 1 saturated heterocycles. The van der Waals surface area contributed by atoms with Gasteiger partial charge in [0.1, 0.15) is 12.2 Å². The van der Waals surface area contributed by atoms with Crippen molar-refractivity contribution in [3.8, 4) is 5.75 Å². The van der Waals surface area contributed by atoms with Crippen molar-refractivity contribution >= 4 is 17.3 Å². The smallest absolute Gasteiger partial charge is 0.311 e. The average Bonchev–Trinajstić information content (AvgIpc) is 2.37. The molecule has 0 radical (unpaired) electrons. The number of nitro benzene ring substituents is 1. The third-order valence-electron chi connectivity index (χ3n) is 2.85. The fourth-order valence-corrected chi connectivity index (χ4v) is 2.02. The average molecular weight is 294 g/mol.